The largest absolute Gasteiger partial charge is 0.340 e. The van der Waals surface area contributed by atoms with Crippen LogP contribution < -0.4 is 0 Å². The molecule has 4 N–H and O–H groups in total. The van der Waals surface area contributed by atoms with E-state index in [1.165, 1.54) is 19.3 Å². The molecule has 0 aromatic carbocycles. The third-order valence-corrected chi connectivity index (χ3v) is 8.44. The number of hydrogen-bond donors (Lipinski definition) is 4. The van der Waals surface area contributed by atoms with Crippen molar-refractivity contribution in [2.75, 3.05) is 0 Å². The zero-order valence-corrected chi connectivity index (χ0v) is 17.3. The van der Waals surface area contributed by atoms with E-state index in [9.17, 15) is 9.13 Å². The molecule has 2 unspecified atom stereocenters. The van der Waals surface area contributed by atoms with Gasteiger partial charge in [-0.3, -0.25) is 9.13 Å². The molecule has 6 nitrogen and oxygen atoms in total. The first-order chi connectivity index (χ1) is 10.8. The standard InChI is InChI=1S/C16H36O6P2/c1-13(2)7-5-8-14(3)9-6-10-15(4)11-12-16(23(17,18)19)24(20,21)22/h13-16H,5-12H2,1-4H3,(H2,17,18,19)(H2,20,21,22). The Bertz CT molecular complexity index is 406. The van der Waals surface area contributed by atoms with Crippen LogP contribution in [0, 0.1) is 17.8 Å². The van der Waals surface area contributed by atoms with E-state index in [4.69, 9.17) is 19.6 Å². The van der Waals surface area contributed by atoms with E-state index in [0.29, 0.717) is 12.3 Å². The third-order valence-electron chi connectivity index (χ3n) is 4.57. The summed E-state index contributed by atoms with van der Waals surface area (Å²) >= 11 is 0. The van der Waals surface area contributed by atoms with E-state index < -0.39 is 20.6 Å². The zero-order valence-electron chi connectivity index (χ0n) is 15.5. The van der Waals surface area contributed by atoms with Gasteiger partial charge in [0.25, 0.3) is 0 Å². The number of rotatable bonds is 13. The van der Waals surface area contributed by atoms with Gasteiger partial charge in [0.15, 0.2) is 5.40 Å². The summed E-state index contributed by atoms with van der Waals surface area (Å²) < 4.78 is 22.5. The first-order valence-corrected chi connectivity index (χ1v) is 12.3. The Kier molecular flexibility index (Phi) is 11.2. The van der Waals surface area contributed by atoms with Gasteiger partial charge in [0.2, 0.25) is 0 Å². The van der Waals surface area contributed by atoms with Gasteiger partial charge < -0.3 is 19.6 Å². The Labute approximate surface area is 146 Å². The van der Waals surface area contributed by atoms with E-state index in [1.54, 1.807) is 0 Å². The lowest BCUT2D eigenvalue weighted by Gasteiger charge is -2.21. The molecule has 0 aromatic heterocycles. The molecule has 0 aliphatic carbocycles. The van der Waals surface area contributed by atoms with Crippen molar-refractivity contribution in [2.45, 2.75) is 84.5 Å². The molecule has 0 heterocycles. The van der Waals surface area contributed by atoms with Crippen LogP contribution in [0.3, 0.4) is 0 Å². The Balaban J connectivity index is 4.07. The SMILES string of the molecule is CC(C)CCCC(C)CCCC(C)CCC(P(=O)(O)O)P(=O)(O)O. The van der Waals surface area contributed by atoms with Gasteiger partial charge in [0.05, 0.1) is 0 Å². The van der Waals surface area contributed by atoms with E-state index in [2.05, 4.69) is 20.8 Å². The molecule has 0 bridgehead atoms. The van der Waals surface area contributed by atoms with Crippen LogP contribution in [0.2, 0.25) is 0 Å². The third kappa shape index (κ3) is 11.8. The van der Waals surface area contributed by atoms with Crippen LogP contribution in [0.4, 0.5) is 0 Å². The summed E-state index contributed by atoms with van der Waals surface area (Å²) in [4.78, 5) is 36.5. The Morgan fingerprint density at radius 1 is 0.625 bits per heavy atom. The molecule has 0 saturated heterocycles. The fourth-order valence-electron chi connectivity index (χ4n) is 2.94. The summed E-state index contributed by atoms with van der Waals surface area (Å²) in [5, 5.41) is -1.86. The molecule has 0 radical (unpaired) electrons. The minimum Gasteiger partial charge on any atom is -0.324 e. The van der Waals surface area contributed by atoms with Crippen LogP contribution in [0.15, 0.2) is 0 Å². The highest BCUT2D eigenvalue weighted by atomic mass is 31.2. The molecule has 2 atom stereocenters. The summed E-state index contributed by atoms with van der Waals surface area (Å²) in [6, 6.07) is 0. The van der Waals surface area contributed by atoms with Crippen molar-refractivity contribution < 1.29 is 28.7 Å². The Morgan fingerprint density at radius 2 is 1.00 bits per heavy atom. The highest BCUT2D eigenvalue weighted by Crippen LogP contribution is 2.61. The summed E-state index contributed by atoms with van der Waals surface area (Å²) in [5.41, 5.74) is 0. The highest BCUT2D eigenvalue weighted by molar-refractivity contribution is 7.70. The second-order valence-corrected chi connectivity index (χ2v) is 11.7. The van der Waals surface area contributed by atoms with Gasteiger partial charge in [0, 0.05) is 0 Å². The van der Waals surface area contributed by atoms with Crippen LogP contribution >= 0.6 is 15.2 Å². The molecule has 0 spiro atoms. The van der Waals surface area contributed by atoms with Crippen LogP contribution in [-0.4, -0.2) is 25.0 Å². The van der Waals surface area contributed by atoms with E-state index in [1.807, 2.05) is 6.92 Å². The van der Waals surface area contributed by atoms with Crippen molar-refractivity contribution in [3.63, 3.8) is 0 Å². The van der Waals surface area contributed by atoms with Crippen molar-refractivity contribution in [1.29, 1.82) is 0 Å². The maximum Gasteiger partial charge on any atom is 0.340 e. The van der Waals surface area contributed by atoms with Crippen molar-refractivity contribution in [1.82, 2.24) is 0 Å². The predicted molar refractivity (Wildman–Crippen MR) is 98.0 cm³/mol. The average Bonchev–Trinajstić information content (AvgIpc) is 2.34. The minimum absolute atomic E-state index is 0.139. The molecule has 0 saturated carbocycles. The summed E-state index contributed by atoms with van der Waals surface area (Å²) in [6.45, 7) is 8.69. The summed E-state index contributed by atoms with van der Waals surface area (Å²) in [6.07, 6.45) is 7.10. The Hall–Kier alpha value is 0.300. The van der Waals surface area contributed by atoms with Gasteiger partial charge in [-0.05, 0) is 30.6 Å². The summed E-state index contributed by atoms with van der Waals surface area (Å²) in [7, 11) is -9.56. The molecule has 0 amide bonds. The molecule has 0 rings (SSSR count). The maximum absolute atomic E-state index is 11.2. The summed E-state index contributed by atoms with van der Waals surface area (Å²) in [5.74, 6) is 1.62. The van der Waals surface area contributed by atoms with Gasteiger partial charge in [-0.25, -0.2) is 0 Å². The normalized spacial score (nSPS) is 15.9. The van der Waals surface area contributed by atoms with Crippen LogP contribution in [0.5, 0.6) is 0 Å². The van der Waals surface area contributed by atoms with Crippen LogP contribution in [-0.2, 0) is 9.13 Å². The first kappa shape index (κ1) is 24.3. The smallest absolute Gasteiger partial charge is 0.324 e. The van der Waals surface area contributed by atoms with Crippen molar-refractivity contribution in [2.24, 2.45) is 17.8 Å². The molecule has 0 aromatic rings. The quantitative estimate of drug-likeness (QED) is 0.341. The molecule has 24 heavy (non-hydrogen) atoms. The molecule has 146 valence electrons. The molecule has 8 heteroatoms. The van der Waals surface area contributed by atoms with Gasteiger partial charge in [0.1, 0.15) is 0 Å². The monoisotopic (exact) mass is 386 g/mol. The lowest BCUT2D eigenvalue weighted by atomic mass is 9.92. The second kappa shape index (κ2) is 11.1. The highest BCUT2D eigenvalue weighted by Gasteiger charge is 2.42. The van der Waals surface area contributed by atoms with Gasteiger partial charge in [-0.1, -0.05) is 66.2 Å². The predicted octanol–water partition coefficient (Wildman–Crippen LogP) is 4.72. The van der Waals surface area contributed by atoms with Crippen molar-refractivity contribution in [3.05, 3.63) is 0 Å². The Morgan fingerprint density at radius 3 is 1.38 bits per heavy atom. The molecular formula is C16H36O6P2. The fraction of sp³-hybridized carbons (Fsp3) is 1.00. The van der Waals surface area contributed by atoms with Gasteiger partial charge in [-0.15, -0.1) is 0 Å². The molecular weight excluding hydrogens is 350 g/mol. The second-order valence-electron chi connectivity index (χ2n) is 7.70. The zero-order chi connectivity index (χ0) is 19.0. The maximum atomic E-state index is 11.2. The molecule has 0 fully saturated rings. The number of hydrogen-bond acceptors (Lipinski definition) is 2. The van der Waals surface area contributed by atoms with Crippen LogP contribution in [0.25, 0.3) is 0 Å². The van der Waals surface area contributed by atoms with Crippen LogP contribution in [0.1, 0.15) is 79.1 Å². The lowest BCUT2D eigenvalue weighted by molar-refractivity contribution is 0.327. The molecule has 0 aliphatic heterocycles. The average molecular weight is 386 g/mol. The van der Waals surface area contributed by atoms with Gasteiger partial charge in [-0.2, -0.15) is 0 Å². The van der Waals surface area contributed by atoms with E-state index in [-0.39, 0.29) is 12.3 Å². The lowest BCUT2D eigenvalue weighted by Crippen LogP contribution is -2.11. The first-order valence-electron chi connectivity index (χ1n) is 8.94. The minimum atomic E-state index is -4.78. The van der Waals surface area contributed by atoms with Crippen molar-refractivity contribution >= 4 is 15.2 Å². The molecule has 0 aliphatic rings. The van der Waals surface area contributed by atoms with E-state index >= 15 is 0 Å². The fourth-order valence-corrected chi connectivity index (χ4v) is 5.48. The van der Waals surface area contributed by atoms with E-state index in [0.717, 1.165) is 25.2 Å². The van der Waals surface area contributed by atoms with Gasteiger partial charge >= 0.3 is 15.2 Å². The topological polar surface area (TPSA) is 115 Å². The van der Waals surface area contributed by atoms with Crippen molar-refractivity contribution in [3.8, 4) is 0 Å².